The van der Waals surface area contributed by atoms with Crippen molar-refractivity contribution in [2.75, 3.05) is 19.4 Å². The van der Waals surface area contributed by atoms with Crippen molar-refractivity contribution in [1.82, 2.24) is 9.29 Å². The highest BCUT2D eigenvalue weighted by molar-refractivity contribution is 7.89. The minimum absolute atomic E-state index is 0.0261. The molecule has 0 aliphatic carbocycles. The molecule has 0 spiro atoms. The standard InChI is InChI=1S/C16H21N3O2S/c1-12-8-9-15(11-17-12)18-13(2)14-6-5-7-16(10-14)22(20,21)19(3)4/h5-11,13,18H,1-4H3. The summed E-state index contributed by atoms with van der Waals surface area (Å²) >= 11 is 0. The van der Waals surface area contributed by atoms with Crippen LogP contribution in [0.2, 0.25) is 0 Å². The summed E-state index contributed by atoms with van der Waals surface area (Å²) in [5.41, 5.74) is 2.76. The number of nitrogens with one attached hydrogen (secondary N) is 1. The Morgan fingerprint density at radius 1 is 1.18 bits per heavy atom. The van der Waals surface area contributed by atoms with E-state index in [1.54, 1.807) is 24.4 Å². The Bertz CT molecular complexity index is 740. The molecular weight excluding hydrogens is 298 g/mol. The Morgan fingerprint density at radius 3 is 2.50 bits per heavy atom. The fourth-order valence-electron chi connectivity index (χ4n) is 2.04. The van der Waals surface area contributed by atoms with Crippen molar-refractivity contribution in [3.8, 4) is 0 Å². The van der Waals surface area contributed by atoms with Crippen molar-refractivity contribution in [2.45, 2.75) is 24.8 Å². The third-order valence-electron chi connectivity index (χ3n) is 3.43. The Hall–Kier alpha value is -1.92. The van der Waals surface area contributed by atoms with Gasteiger partial charge in [0.05, 0.1) is 16.8 Å². The van der Waals surface area contributed by atoms with Crippen LogP contribution in [0.1, 0.15) is 24.2 Å². The molecule has 1 N–H and O–H groups in total. The maximum Gasteiger partial charge on any atom is 0.242 e. The van der Waals surface area contributed by atoms with Crippen LogP contribution in [-0.4, -0.2) is 31.8 Å². The van der Waals surface area contributed by atoms with Gasteiger partial charge < -0.3 is 5.32 Å². The van der Waals surface area contributed by atoms with Crippen molar-refractivity contribution in [3.05, 3.63) is 53.9 Å². The second-order valence-electron chi connectivity index (χ2n) is 5.41. The monoisotopic (exact) mass is 319 g/mol. The predicted molar refractivity (Wildman–Crippen MR) is 88.3 cm³/mol. The van der Waals surface area contributed by atoms with Crippen molar-refractivity contribution in [1.29, 1.82) is 0 Å². The summed E-state index contributed by atoms with van der Waals surface area (Å²) < 4.78 is 25.6. The van der Waals surface area contributed by atoms with E-state index >= 15 is 0 Å². The van der Waals surface area contributed by atoms with Gasteiger partial charge in [0.1, 0.15) is 0 Å². The number of anilines is 1. The maximum absolute atomic E-state index is 12.2. The largest absolute Gasteiger partial charge is 0.377 e. The SMILES string of the molecule is Cc1ccc(NC(C)c2cccc(S(=O)(=O)N(C)C)c2)cn1. The van der Waals surface area contributed by atoms with Gasteiger partial charge in [0, 0.05) is 25.8 Å². The minimum Gasteiger partial charge on any atom is -0.377 e. The second kappa shape index (κ2) is 6.46. The third kappa shape index (κ3) is 3.64. The van der Waals surface area contributed by atoms with Gasteiger partial charge in [-0.15, -0.1) is 0 Å². The van der Waals surface area contributed by atoms with Crippen LogP contribution in [-0.2, 0) is 10.0 Å². The van der Waals surface area contributed by atoms with Crippen molar-refractivity contribution in [2.24, 2.45) is 0 Å². The molecule has 22 heavy (non-hydrogen) atoms. The third-order valence-corrected chi connectivity index (χ3v) is 5.24. The molecule has 2 rings (SSSR count). The Labute approximate surface area is 132 Å². The number of aryl methyl sites for hydroxylation is 1. The second-order valence-corrected chi connectivity index (χ2v) is 7.57. The lowest BCUT2D eigenvalue weighted by atomic mass is 10.1. The van der Waals surface area contributed by atoms with Crippen LogP contribution in [0.4, 0.5) is 5.69 Å². The molecule has 0 radical (unpaired) electrons. The summed E-state index contributed by atoms with van der Waals surface area (Å²) in [6, 6.07) is 10.8. The lowest BCUT2D eigenvalue weighted by molar-refractivity contribution is 0.520. The highest BCUT2D eigenvalue weighted by atomic mass is 32.2. The van der Waals surface area contributed by atoms with Gasteiger partial charge in [-0.1, -0.05) is 12.1 Å². The quantitative estimate of drug-likeness (QED) is 0.920. The molecule has 1 unspecified atom stereocenters. The molecular formula is C16H21N3O2S. The first-order valence-corrected chi connectivity index (χ1v) is 8.46. The fraction of sp³-hybridized carbons (Fsp3) is 0.312. The van der Waals surface area contributed by atoms with Gasteiger partial charge in [-0.25, -0.2) is 12.7 Å². The lowest BCUT2D eigenvalue weighted by Crippen LogP contribution is -2.22. The number of nitrogens with zero attached hydrogens (tertiary/aromatic N) is 2. The average molecular weight is 319 g/mol. The van der Waals surface area contributed by atoms with E-state index in [2.05, 4.69) is 10.3 Å². The topological polar surface area (TPSA) is 62.3 Å². The summed E-state index contributed by atoms with van der Waals surface area (Å²) in [7, 11) is -0.359. The Kier molecular flexibility index (Phi) is 4.83. The Balaban J connectivity index is 2.24. The molecule has 1 aromatic carbocycles. The summed E-state index contributed by atoms with van der Waals surface area (Å²) in [6.07, 6.45) is 1.77. The van der Waals surface area contributed by atoms with Gasteiger partial charge >= 0.3 is 0 Å². The van der Waals surface area contributed by atoms with Crippen molar-refractivity contribution >= 4 is 15.7 Å². The van der Waals surface area contributed by atoms with E-state index in [9.17, 15) is 8.42 Å². The van der Waals surface area contributed by atoms with Gasteiger partial charge in [-0.05, 0) is 43.7 Å². The molecule has 2 aromatic rings. The summed E-state index contributed by atoms with van der Waals surface area (Å²) in [5, 5.41) is 3.32. The summed E-state index contributed by atoms with van der Waals surface area (Å²) in [6.45, 7) is 3.92. The highest BCUT2D eigenvalue weighted by Crippen LogP contribution is 2.22. The summed E-state index contributed by atoms with van der Waals surface area (Å²) in [5.74, 6) is 0. The van der Waals surface area contributed by atoms with Gasteiger partial charge in [0.15, 0.2) is 0 Å². The number of aromatic nitrogens is 1. The summed E-state index contributed by atoms with van der Waals surface area (Å²) in [4.78, 5) is 4.54. The normalized spacial score (nSPS) is 13.1. The molecule has 0 fully saturated rings. The first-order chi connectivity index (χ1) is 10.3. The van der Waals surface area contributed by atoms with Gasteiger partial charge in [0.25, 0.3) is 0 Å². The average Bonchev–Trinajstić information content (AvgIpc) is 2.49. The molecule has 1 heterocycles. The van der Waals surface area contributed by atoms with E-state index < -0.39 is 10.0 Å². The van der Waals surface area contributed by atoms with Crippen LogP contribution in [0.25, 0.3) is 0 Å². The molecule has 0 saturated heterocycles. The number of benzene rings is 1. The molecule has 0 saturated carbocycles. The van der Waals surface area contributed by atoms with E-state index in [-0.39, 0.29) is 6.04 Å². The molecule has 0 aliphatic heterocycles. The number of hydrogen-bond donors (Lipinski definition) is 1. The van der Waals surface area contributed by atoms with Crippen LogP contribution >= 0.6 is 0 Å². The van der Waals surface area contributed by atoms with Crippen molar-refractivity contribution in [3.63, 3.8) is 0 Å². The minimum atomic E-state index is -3.42. The molecule has 0 bridgehead atoms. The van der Waals surface area contributed by atoms with E-state index in [4.69, 9.17) is 0 Å². The van der Waals surface area contributed by atoms with Gasteiger partial charge in [-0.2, -0.15) is 0 Å². The first-order valence-electron chi connectivity index (χ1n) is 7.02. The van der Waals surface area contributed by atoms with Gasteiger partial charge in [0.2, 0.25) is 10.0 Å². The zero-order valence-corrected chi connectivity index (χ0v) is 14.1. The van der Waals surface area contributed by atoms with E-state index in [0.29, 0.717) is 4.90 Å². The zero-order valence-electron chi connectivity index (χ0n) is 13.2. The van der Waals surface area contributed by atoms with Crippen LogP contribution in [0, 0.1) is 6.92 Å². The zero-order chi connectivity index (χ0) is 16.3. The number of sulfonamides is 1. The van der Waals surface area contributed by atoms with Crippen LogP contribution < -0.4 is 5.32 Å². The highest BCUT2D eigenvalue weighted by Gasteiger charge is 2.18. The smallest absolute Gasteiger partial charge is 0.242 e. The Morgan fingerprint density at radius 2 is 1.91 bits per heavy atom. The van der Waals surface area contributed by atoms with Crippen LogP contribution in [0.3, 0.4) is 0 Å². The molecule has 0 amide bonds. The van der Waals surface area contributed by atoms with Crippen LogP contribution in [0.15, 0.2) is 47.5 Å². The molecule has 1 atom stereocenters. The van der Waals surface area contributed by atoms with Crippen LogP contribution in [0.5, 0.6) is 0 Å². The predicted octanol–water partition coefficient (Wildman–Crippen LogP) is 2.81. The fourth-order valence-corrected chi connectivity index (χ4v) is 3.00. The molecule has 1 aromatic heterocycles. The number of pyridine rings is 1. The molecule has 6 heteroatoms. The van der Waals surface area contributed by atoms with E-state index in [0.717, 1.165) is 16.9 Å². The van der Waals surface area contributed by atoms with Crippen molar-refractivity contribution < 1.29 is 8.42 Å². The lowest BCUT2D eigenvalue weighted by Gasteiger charge is -2.17. The molecule has 5 nitrogen and oxygen atoms in total. The van der Waals surface area contributed by atoms with Gasteiger partial charge in [-0.3, -0.25) is 4.98 Å². The number of hydrogen-bond acceptors (Lipinski definition) is 4. The molecule has 118 valence electrons. The molecule has 0 aliphatic rings. The first kappa shape index (κ1) is 16.5. The maximum atomic E-state index is 12.2. The number of rotatable bonds is 5. The van der Waals surface area contributed by atoms with E-state index in [1.807, 2.05) is 32.0 Å². The van der Waals surface area contributed by atoms with E-state index in [1.165, 1.54) is 18.4 Å².